The maximum absolute atomic E-state index is 12.1. The van der Waals surface area contributed by atoms with Gasteiger partial charge in [0.2, 0.25) is 0 Å². The van der Waals surface area contributed by atoms with E-state index in [0.717, 1.165) is 8.45 Å². The van der Waals surface area contributed by atoms with Gasteiger partial charge in [-0.3, -0.25) is 4.72 Å². The molecule has 102 valence electrons. The summed E-state index contributed by atoms with van der Waals surface area (Å²) in [5.41, 5.74) is 0.539. The molecule has 0 bridgehead atoms. The van der Waals surface area contributed by atoms with E-state index in [1.165, 1.54) is 11.3 Å². The summed E-state index contributed by atoms with van der Waals surface area (Å²) >= 11 is 3.33. The van der Waals surface area contributed by atoms with Gasteiger partial charge in [-0.1, -0.05) is 0 Å². The number of hydrogen-bond donors (Lipinski definition) is 2. The van der Waals surface area contributed by atoms with Gasteiger partial charge in [0.15, 0.2) is 0 Å². The second kappa shape index (κ2) is 6.21. The first kappa shape index (κ1) is 14.8. The van der Waals surface area contributed by atoms with Crippen molar-refractivity contribution in [1.82, 2.24) is 0 Å². The Morgan fingerprint density at radius 2 is 1.84 bits per heavy atom. The van der Waals surface area contributed by atoms with Crippen molar-refractivity contribution in [3.63, 3.8) is 0 Å². The SMILES string of the molecule is O=S(=O)(Nc1ccc(I)cc1)c1ccc(CCO)s1. The van der Waals surface area contributed by atoms with Crippen LogP contribution in [0.2, 0.25) is 0 Å². The fraction of sp³-hybridized carbons (Fsp3) is 0.167. The lowest BCUT2D eigenvalue weighted by atomic mass is 10.3. The molecule has 0 aliphatic rings. The van der Waals surface area contributed by atoms with Crippen molar-refractivity contribution in [2.24, 2.45) is 0 Å². The van der Waals surface area contributed by atoms with E-state index >= 15 is 0 Å². The third kappa shape index (κ3) is 3.91. The van der Waals surface area contributed by atoms with Gasteiger partial charge in [0, 0.05) is 27.2 Å². The summed E-state index contributed by atoms with van der Waals surface area (Å²) in [6.07, 6.45) is 0.476. The molecule has 1 aromatic carbocycles. The molecule has 0 saturated carbocycles. The zero-order chi connectivity index (χ0) is 13.9. The van der Waals surface area contributed by atoms with Crippen LogP contribution in [0.5, 0.6) is 0 Å². The van der Waals surface area contributed by atoms with Crippen LogP contribution in [-0.4, -0.2) is 20.1 Å². The molecule has 0 aliphatic carbocycles. The zero-order valence-corrected chi connectivity index (χ0v) is 13.6. The number of aliphatic hydroxyl groups excluding tert-OH is 1. The molecular formula is C12H12INO3S2. The van der Waals surface area contributed by atoms with Crippen LogP contribution in [0.3, 0.4) is 0 Å². The Hall–Kier alpha value is -0.640. The second-order valence-electron chi connectivity index (χ2n) is 3.81. The van der Waals surface area contributed by atoms with Crippen LogP contribution in [0.4, 0.5) is 5.69 Å². The van der Waals surface area contributed by atoms with Crippen molar-refractivity contribution in [2.75, 3.05) is 11.3 Å². The van der Waals surface area contributed by atoms with E-state index in [0.29, 0.717) is 12.1 Å². The number of anilines is 1. The molecule has 0 atom stereocenters. The van der Waals surface area contributed by atoms with Crippen LogP contribution in [0.1, 0.15) is 4.88 Å². The van der Waals surface area contributed by atoms with Crippen LogP contribution in [0, 0.1) is 3.57 Å². The number of thiophene rings is 1. The minimum Gasteiger partial charge on any atom is -0.396 e. The molecule has 2 rings (SSSR count). The van der Waals surface area contributed by atoms with Crippen LogP contribution in [-0.2, 0) is 16.4 Å². The van der Waals surface area contributed by atoms with Gasteiger partial charge in [0.1, 0.15) is 4.21 Å². The summed E-state index contributed by atoms with van der Waals surface area (Å²) in [6, 6.07) is 10.4. The number of halogens is 1. The molecule has 0 amide bonds. The molecule has 0 aliphatic heterocycles. The molecule has 0 unspecified atom stereocenters. The topological polar surface area (TPSA) is 66.4 Å². The van der Waals surface area contributed by atoms with Crippen molar-refractivity contribution in [2.45, 2.75) is 10.6 Å². The third-order valence-electron chi connectivity index (χ3n) is 2.36. The summed E-state index contributed by atoms with van der Waals surface area (Å²) in [7, 11) is -3.54. The van der Waals surface area contributed by atoms with Crippen LogP contribution in [0.15, 0.2) is 40.6 Å². The molecule has 2 N–H and O–H groups in total. The molecule has 0 fully saturated rings. The van der Waals surface area contributed by atoms with Gasteiger partial charge in [-0.25, -0.2) is 8.42 Å². The largest absolute Gasteiger partial charge is 0.396 e. The van der Waals surface area contributed by atoms with Crippen molar-refractivity contribution >= 4 is 49.6 Å². The van der Waals surface area contributed by atoms with E-state index in [-0.39, 0.29) is 10.8 Å². The molecule has 0 spiro atoms. The molecule has 1 aromatic heterocycles. The number of benzene rings is 1. The molecule has 19 heavy (non-hydrogen) atoms. The van der Waals surface area contributed by atoms with Crippen molar-refractivity contribution in [3.8, 4) is 0 Å². The summed E-state index contributed by atoms with van der Waals surface area (Å²) < 4.78 is 28.1. The van der Waals surface area contributed by atoms with Crippen LogP contribution >= 0.6 is 33.9 Å². The molecular weight excluding hydrogens is 397 g/mol. The summed E-state index contributed by atoms with van der Waals surface area (Å²) in [5, 5.41) is 8.83. The van der Waals surface area contributed by atoms with E-state index in [2.05, 4.69) is 27.3 Å². The normalized spacial score (nSPS) is 11.5. The predicted molar refractivity (Wildman–Crippen MR) is 85.1 cm³/mol. The second-order valence-corrected chi connectivity index (χ2v) is 8.13. The summed E-state index contributed by atoms with van der Waals surface area (Å²) in [6.45, 7) is 0.0184. The Labute approximate surface area is 129 Å². The highest BCUT2D eigenvalue weighted by molar-refractivity contribution is 14.1. The quantitative estimate of drug-likeness (QED) is 0.747. The van der Waals surface area contributed by atoms with Crippen molar-refractivity contribution in [1.29, 1.82) is 0 Å². The smallest absolute Gasteiger partial charge is 0.271 e. The monoisotopic (exact) mass is 409 g/mol. The van der Waals surface area contributed by atoms with Gasteiger partial charge < -0.3 is 5.11 Å². The average molecular weight is 409 g/mol. The number of nitrogens with one attached hydrogen (secondary N) is 1. The van der Waals surface area contributed by atoms with Crippen molar-refractivity contribution in [3.05, 3.63) is 44.8 Å². The lowest BCUT2D eigenvalue weighted by molar-refractivity contribution is 0.300. The lowest BCUT2D eigenvalue weighted by Gasteiger charge is -2.05. The van der Waals surface area contributed by atoms with E-state index in [1.54, 1.807) is 24.3 Å². The number of sulfonamides is 1. The third-order valence-corrected chi connectivity index (χ3v) is 6.09. The molecule has 2 aromatic rings. The van der Waals surface area contributed by atoms with Gasteiger partial charge in [-0.15, -0.1) is 11.3 Å². The Bertz CT molecular complexity index is 650. The average Bonchev–Trinajstić information content (AvgIpc) is 2.82. The number of aliphatic hydroxyl groups is 1. The Morgan fingerprint density at radius 3 is 2.47 bits per heavy atom. The summed E-state index contributed by atoms with van der Waals surface area (Å²) in [4.78, 5) is 0.852. The molecule has 7 heteroatoms. The first-order chi connectivity index (χ1) is 9.01. The highest BCUT2D eigenvalue weighted by Gasteiger charge is 2.16. The van der Waals surface area contributed by atoms with Crippen LogP contribution in [0.25, 0.3) is 0 Å². The maximum atomic E-state index is 12.1. The highest BCUT2D eigenvalue weighted by Crippen LogP contribution is 2.24. The van der Waals surface area contributed by atoms with Gasteiger partial charge in [-0.2, -0.15) is 0 Å². The first-order valence-corrected chi connectivity index (χ1v) is 8.87. The molecule has 0 radical (unpaired) electrons. The fourth-order valence-electron chi connectivity index (χ4n) is 1.47. The maximum Gasteiger partial charge on any atom is 0.271 e. The van der Waals surface area contributed by atoms with Crippen molar-refractivity contribution < 1.29 is 13.5 Å². The Morgan fingerprint density at radius 1 is 1.16 bits per heavy atom. The standard InChI is InChI=1S/C12H12INO3S2/c13-9-1-3-10(4-2-9)14-19(16,17)12-6-5-11(18-12)7-8-15/h1-6,14-15H,7-8H2. The molecule has 4 nitrogen and oxygen atoms in total. The van der Waals surface area contributed by atoms with E-state index in [4.69, 9.17) is 5.11 Å². The fourth-order valence-corrected chi connectivity index (χ4v) is 4.23. The van der Waals surface area contributed by atoms with E-state index in [9.17, 15) is 8.42 Å². The lowest BCUT2D eigenvalue weighted by Crippen LogP contribution is -2.11. The number of hydrogen-bond acceptors (Lipinski definition) is 4. The molecule has 0 saturated heterocycles. The van der Waals surface area contributed by atoms with Crippen LogP contribution < -0.4 is 4.72 Å². The predicted octanol–water partition coefficient (Wildman–Crippen LogP) is 2.69. The molecule has 1 heterocycles. The highest BCUT2D eigenvalue weighted by atomic mass is 127. The Balaban J connectivity index is 2.19. The van der Waals surface area contributed by atoms with Gasteiger partial charge in [0.05, 0.1) is 0 Å². The van der Waals surface area contributed by atoms with Gasteiger partial charge >= 0.3 is 0 Å². The minimum absolute atomic E-state index is 0.0184. The van der Waals surface area contributed by atoms with E-state index in [1.807, 2.05) is 12.1 Å². The first-order valence-electron chi connectivity index (χ1n) is 5.49. The van der Waals surface area contributed by atoms with Gasteiger partial charge in [-0.05, 0) is 59.0 Å². The van der Waals surface area contributed by atoms with E-state index < -0.39 is 10.0 Å². The Kier molecular flexibility index (Phi) is 4.82. The minimum atomic E-state index is -3.54. The number of rotatable bonds is 5. The summed E-state index contributed by atoms with van der Waals surface area (Å²) in [5.74, 6) is 0. The van der Waals surface area contributed by atoms with Gasteiger partial charge in [0.25, 0.3) is 10.0 Å². The zero-order valence-electron chi connectivity index (χ0n) is 9.84.